The molecule has 0 saturated carbocycles. The van der Waals surface area contributed by atoms with Gasteiger partial charge in [-0.2, -0.15) is 18.3 Å². The first-order valence-corrected chi connectivity index (χ1v) is 6.83. The van der Waals surface area contributed by atoms with Gasteiger partial charge in [0.1, 0.15) is 6.54 Å². The highest BCUT2D eigenvalue weighted by atomic mass is 79.9. The molecule has 0 atom stereocenters. The molecule has 22 heavy (non-hydrogen) atoms. The van der Waals surface area contributed by atoms with Crippen LogP contribution in [-0.4, -0.2) is 29.0 Å². The summed E-state index contributed by atoms with van der Waals surface area (Å²) in [5.41, 5.74) is -0.980. The van der Waals surface area contributed by atoms with Crippen molar-refractivity contribution in [1.29, 1.82) is 0 Å². The summed E-state index contributed by atoms with van der Waals surface area (Å²) < 4.78 is 43.7. The van der Waals surface area contributed by atoms with Crippen LogP contribution in [0.5, 0.6) is 0 Å². The molecule has 0 aliphatic carbocycles. The molecule has 0 amide bonds. The minimum absolute atomic E-state index is 0.0568. The highest BCUT2D eigenvalue weighted by Crippen LogP contribution is 2.26. The molecular formula is C13H10BrF3N2O3. The molecule has 0 radical (unpaired) electrons. The summed E-state index contributed by atoms with van der Waals surface area (Å²) in [6.07, 6.45) is -5.79. The molecule has 0 aliphatic rings. The number of halogens is 4. The number of esters is 1. The van der Waals surface area contributed by atoms with Gasteiger partial charge < -0.3 is 4.74 Å². The van der Waals surface area contributed by atoms with Crippen LogP contribution in [-0.2, 0) is 22.5 Å². The van der Waals surface area contributed by atoms with Crippen molar-refractivity contribution in [2.24, 2.45) is 0 Å². The molecule has 0 saturated heterocycles. The fourth-order valence-corrected chi connectivity index (χ4v) is 2.30. The lowest BCUT2D eigenvalue weighted by atomic mass is 10.1. The molecule has 0 N–H and O–H groups in total. The third kappa shape index (κ3) is 3.65. The first-order valence-electron chi connectivity index (χ1n) is 6.04. The smallest absolute Gasteiger partial charge is 0.394 e. The highest BCUT2D eigenvalue weighted by Gasteiger charge is 2.30. The summed E-state index contributed by atoms with van der Waals surface area (Å²) in [6, 6.07) is 4.31. The summed E-state index contributed by atoms with van der Waals surface area (Å²) in [4.78, 5) is 23.5. The van der Waals surface area contributed by atoms with Crippen molar-refractivity contribution in [2.75, 3.05) is 7.11 Å². The molecule has 0 unspecified atom stereocenters. The van der Waals surface area contributed by atoms with E-state index >= 15 is 0 Å². The fourth-order valence-electron chi connectivity index (χ4n) is 1.94. The van der Waals surface area contributed by atoms with Gasteiger partial charge in [-0.15, -0.1) is 0 Å². The Hall–Kier alpha value is -1.90. The predicted octanol–water partition coefficient (Wildman–Crippen LogP) is 2.44. The lowest BCUT2D eigenvalue weighted by molar-refractivity contribution is -0.141. The maximum atomic E-state index is 12.7. The van der Waals surface area contributed by atoms with E-state index in [1.54, 1.807) is 0 Å². The summed E-state index contributed by atoms with van der Waals surface area (Å²) >= 11 is 3.15. The monoisotopic (exact) mass is 378 g/mol. The highest BCUT2D eigenvalue weighted by molar-refractivity contribution is 9.10. The van der Waals surface area contributed by atoms with Crippen LogP contribution in [0.2, 0.25) is 0 Å². The summed E-state index contributed by atoms with van der Waals surface area (Å²) in [5.74, 6) is -0.774. The van der Waals surface area contributed by atoms with Crippen LogP contribution in [0, 0.1) is 0 Å². The molecule has 0 fully saturated rings. The largest absolute Gasteiger partial charge is 0.468 e. The Morgan fingerprint density at radius 2 is 2.05 bits per heavy atom. The zero-order valence-electron chi connectivity index (χ0n) is 11.3. The number of hydrogen-bond acceptors (Lipinski definition) is 4. The molecule has 0 spiro atoms. The van der Waals surface area contributed by atoms with E-state index in [1.165, 1.54) is 18.2 Å². The topological polar surface area (TPSA) is 61.2 Å². The predicted molar refractivity (Wildman–Crippen MR) is 75.5 cm³/mol. The standard InChI is InChI=1S/C13H10BrF3N2O3/c1-22-11(20)6-19-12(21)8-3-2-7(14)4-9(8)10(18-19)5-13(15,16)17/h2-4H,5-6H2,1H3. The number of aromatic nitrogens is 2. The molecular weight excluding hydrogens is 369 g/mol. The quantitative estimate of drug-likeness (QED) is 0.769. The summed E-state index contributed by atoms with van der Waals surface area (Å²) in [7, 11) is 1.11. The first kappa shape index (κ1) is 16.5. The Bertz CT molecular complexity index is 786. The van der Waals surface area contributed by atoms with Gasteiger partial charge in [-0.25, -0.2) is 4.68 Å². The lowest BCUT2D eigenvalue weighted by Gasteiger charge is -2.12. The molecule has 0 aliphatic heterocycles. The molecule has 1 aromatic carbocycles. The maximum absolute atomic E-state index is 12.7. The van der Waals surface area contributed by atoms with Gasteiger partial charge >= 0.3 is 12.1 Å². The number of methoxy groups -OCH3 is 1. The SMILES string of the molecule is COC(=O)Cn1nc(CC(F)(F)F)c2cc(Br)ccc2c1=O. The molecule has 2 aromatic rings. The average molecular weight is 379 g/mol. The Balaban J connectivity index is 2.68. The van der Waals surface area contributed by atoms with Crippen LogP contribution < -0.4 is 5.56 Å². The van der Waals surface area contributed by atoms with Gasteiger partial charge in [-0.3, -0.25) is 9.59 Å². The van der Waals surface area contributed by atoms with Crippen molar-refractivity contribution in [3.05, 3.63) is 38.7 Å². The number of nitrogens with zero attached hydrogens (tertiary/aromatic N) is 2. The van der Waals surface area contributed by atoms with Gasteiger partial charge in [-0.1, -0.05) is 15.9 Å². The second kappa shape index (κ2) is 6.07. The number of alkyl halides is 3. The van der Waals surface area contributed by atoms with Crippen molar-refractivity contribution in [3.63, 3.8) is 0 Å². The number of carbonyl (C=O) groups excluding carboxylic acids is 1. The van der Waals surface area contributed by atoms with Crippen LogP contribution in [0.15, 0.2) is 27.5 Å². The normalized spacial score (nSPS) is 11.7. The van der Waals surface area contributed by atoms with Gasteiger partial charge in [0.05, 0.1) is 24.6 Å². The summed E-state index contributed by atoms with van der Waals surface area (Å²) in [5, 5.41) is 3.83. The van der Waals surface area contributed by atoms with E-state index in [0.29, 0.717) is 9.15 Å². The Kier molecular flexibility index (Phi) is 4.55. The van der Waals surface area contributed by atoms with Gasteiger partial charge in [-0.05, 0) is 18.2 Å². The van der Waals surface area contributed by atoms with E-state index < -0.39 is 30.7 Å². The Labute approximate surface area is 130 Å². The van der Waals surface area contributed by atoms with Gasteiger partial charge in [0.25, 0.3) is 5.56 Å². The van der Waals surface area contributed by atoms with Crippen molar-refractivity contribution in [3.8, 4) is 0 Å². The maximum Gasteiger partial charge on any atom is 0.394 e. The van der Waals surface area contributed by atoms with Gasteiger partial charge in [0.15, 0.2) is 0 Å². The molecule has 5 nitrogen and oxygen atoms in total. The minimum Gasteiger partial charge on any atom is -0.468 e. The molecule has 1 aromatic heterocycles. The third-order valence-corrected chi connectivity index (χ3v) is 3.37. The van der Waals surface area contributed by atoms with E-state index in [9.17, 15) is 22.8 Å². The second-order valence-electron chi connectivity index (χ2n) is 4.47. The van der Waals surface area contributed by atoms with E-state index in [-0.39, 0.29) is 16.5 Å². The third-order valence-electron chi connectivity index (χ3n) is 2.87. The number of ether oxygens (including phenoxy) is 1. The molecule has 2 rings (SSSR count). The van der Waals surface area contributed by atoms with Crippen LogP contribution in [0.3, 0.4) is 0 Å². The van der Waals surface area contributed by atoms with Crippen molar-refractivity contribution < 1.29 is 22.7 Å². The average Bonchev–Trinajstić information content (AvgIpc) is 2.42. The van der Waals surface area contributed by atoms with E-state index in [1.807, 2.05) is 0 Å². The van der Waals surface area contributed by atoms with Crippen LogP contribution >= 0.6 is 15.9 Å². The number of fused-ring (bicyclic) bond motifs is 1. The fraction of sp³-hybridized carbons (Fsp3) is 0.308. The molecule has 9 heteroatoms. The second-order valence-corrected chi connectivity index (χ2v) is 5.38. The number of hydrogen-bond donors (Lipinski definition) is 0. The number of benzene rings is 1. The Morgan fingerprint density at radius 1 is 1.36 bits per heavy atom. The Morgan fingerprint density at radius 3 is 2.64 bits per heavy atom. The van der Waals surface area contributed by atoms with Crippen LogP contribution in [0.1, 0.15) is 5.69 Å². The molecule has 1 heterocycles. The zero-order chi connectivity index (χ0) is 16.5. The molecule has 118 valence electrons. The van der Waals surface area contributed by atoms with Gasteiger partial charge in [0.2, 0.25) is 0 Å². The number of rotatable bonds is 3. The van der Waals surface area contributed by atoms with E-state index in [4.69, 9.17) is 0 Å². The van der Waals surface area contributed by atoms with E-state index in [0.717, 1.165) is 7.11 Å². The zero-order valence-corrected chi connectivity index (χ0v) is 12.9. The lowest BCUT2D eigenvalue weighted by Crippen LogP contribution is -2.29. The number of carbonyl (C=O) groups is 1. The van der Waals surface area contributed by atoms with E-state index in [2.05, 4.69) is 25.8 Å². The summed E-state index contributed by atoms with van der Waals surface area (Å²) in [6.45, 7) is -0.549. The minimum atomic E-state index is -4.49. The molecule has 0 bridgehead atoms. The van der Waals surface area contributed by atoms with Crippen molar-refractivity contribution in [1.82, 2.24) is 9.78 Å². The van der Waals surface area contributed by atoms with Crippen LogP contribution in [0.25, 0.3) is 10.8 Å². The van der Waals surface area contributed by atoms with Crippen molar-refractivity contribution >= 4 is 32.7 Å². The van der Waals surface area contributed by atoms with Crippen molar-refractivity contribution in [2.45, 2.75) is 19.1 Å². The van der Waals surface area contributed by atoms with Crippen LogP contribution in [0.4, 0.5) is 13.2 Å². The van der Waals surface area contributed by atoms with Gasteiger partial charge in [0, 0.05) is 9.86 Å². The first-order chi connectivity index (χ1) is 10.2.